The number of aromatic nitrogens is 3. The lowest BCUT2D eigenvalue weighted by Crippen LogP contribution is -2.34. The van der Waals surface area contributed by atoms with Crippen molar-refractivity contribution in [1.29, 1.82) is 0 Å². The molecule has 1 N–H and O–H groups in total. The van der Waals surface area contributed by atoms with Gasteiger partial charge in [-0.05, 0) is 52.0 Å². The van der Waals surface area contributed by atoms with Crippen LogP contribution in [0.3, 0.4) is 0 Å². The Morgan fingerprint density at radius 3 is 2.58 bits per heavy atom. The number of hydrogen-bond donors (Lipinski definition) is 1. The molecule has 0 aliphatic rings. The van der Waals surface area contributed by atoms with Crippen molar-refractivity contribution in [2.75, 3.05) is 0 Å². The van der Waals surface area contributed by atoms with Gasteiger partial charge in [0.2, 0.25) is 0 Å². The maximum atomic E-state index is 13.8. The van der Waals surface area contributed by atoms with Crippen molar-refractivity contribution < 1.29 is 13.9 Å². The fraction of sp³-hybridized carbons (Fsp3) is 0.316. The van der Waals surface area contributed by atoms with Gasteiger partial charge in [-0.1, -0.05) is 0 Å². The largest absolute Gasteiger partial charge is 0.444 e. The van der Waals surface area contributed by atoms with E-state index in [-0.39, 0.29) is 5.82 Å². The van der Waals surface area contributed by atoms with E-state index >= 15 is 0 Å². The zero-order chi connectivity index (χ0) is 18.9. The lowest BCUT2D eigenvalue weighted by Gasteiger charge is -2.22. The molecule has 1 aromatic carbocycles. The summed E-state index contributed by atoms with van der Waals surface area (Å²) in [5, 5.41) is 2.78. The summed E-state index contributed by atoms with van der Waals surface area (Å²) in [4.78, 5) is 20.7. The maximum Gasteiger partial charge on any atom is 0.408 e. The molecule has 1 unspecified atom stereocenters. The van der Waals surface area contributed by atoms with Gasteiger partial charge < -0.3 is 10.1 Å². The Labute approximate surface area is 151 Å². The number of nitrogens with zero attached hydrogens (tertiary/aromatic N) is 3. The number of rotatable bonds is 3. The highest BCUT2D eigenvalue weighted by Gasteiger charge is 2.23. The molecule has 0 aliphatic heterocycles. The van der Waals surface area contributed by atoms with Gasteiger partial charge in [0.05, 0.1) is 22.8 Å². The van der Waals surface area contributed by atoms with E-state index in [1.54, 1.807) is 58.3 Å². The Kier molecular flexibility index (Phi) is 4.63. The third kappa shape index (κ3) is 3.82. The van der Waals surface area contributed by atoms with Gasteiger partial charge in [-0.15, -0.1) is 0 Å². The fourth-order valence-corrected chi connectivity index (χ4v) is 2.67. The van der Waals surface area contributed by atoms with Crippen LogP contribution in [0.4, 0.5) is 9.18 Å². The monoisotopic (exact) mass is 356 g/mol. The lowest BCUT2D eigenvalue weighted by atomic mass is 10.2. The number of carbonyl (C=O) groups excluding carboxylic acids is 1. The Morgan fingerprint density at radius 2 is 1.92 bits per heavy atom. The van der Waals surface area contributed by atoms with Crippen molar-refractivity contribution in [3.8, 4) is 5.69 Å². The lowest BCUT2D eigenvalue weighted by molar-refractivity contribution is 0.0505. The molecule has 0 saturated heterocycles. The predicted molar refractivity (Wildman–Crippen MR) is 96.6 cm³/mol. The summed E-state index contributed by atoms with van der Waals surface area (Å²) in [6, 6.07) is 7.56. The molecular weight excluding hydrogens is 335 g/mol. The number of alkyl carbamates (subject to hydrolysis) is 1. The molecule has 2 heterocycles. The van der Waals surface area contributed by atoms with Crippen LogP contribution in [0.2, 0.25) is 0 Å². The smallest absolute Gasteiger partial charge is 0.408 e. The first-order chi connectivity index (χ1) is 12.2. The molecule has 136 valence electrons. The van der Waals surface area contributed by atoms with Gasteiger partial charge in [-0.3, -0.25) is 9.55 Å². The van der Waals surface area contributed by atoms with E-state index in [1.807, 2.05) is 4.57 Å². The molecule has 0 spiro atoms. The zero-order valence-electron chi connectivity index (χ0n) is 15.2. The number of nitrogens with one attached hydrogen (secondary N) is 1. The predicted octanol–water partition coefficient (Wildman–Crippen LogP) is 4.15. The number of benzene rings is 1. The van der Waals surface area contributed by atoms with Gasteiger partial charge in [0.15, 0.2) is 0 Å². The van der Waals surface area contributed by atoms with Crippen molar-refractivity contribution in [3.63, 3.8) is 0 Å². The Morgan fingerprint density at radius 1 is 1.23 bits per heavy atom. The first-order valence-corrected chi connectivity index (χ1v) is 8.32. The average Bonchev–Trinajstić information content (AvgIpc) is 2.92. The van der Waals surface area contributed by atoms with E-state index in [4.69, 9.17) is 4.74 Å². The topological polar surface area (TPSA) is 69.0 Å². The van der Waals surface area contributed by atoms with E-state index in [2.05, 4.69) is 15.3 Å². The summed E-state index contributed by atoms with van der Waals surface area (Å²) in [7, 11) is 0. The summed E-state index contributed by atoms with van der Waals surface area (Å²) < 4.78 is 20.9. The molecule has 3 rings (SSSR count). The molecule has 3 aromatic rings. The molecular formula is C19H21FN4O2. The number of fused-ring (bicyclic) bond motifs is 1. The standard InChI is InChI=1S/C19H21FN4O2/c1-12(22-18(25)26-19(2,3)4)17-23-15-6-5-13(20)11-16(15)24(17)14-7-9-21-10-8-14/h5-12H,1-4H3,(H,22,25). The number of hydrogen-bond acceptors (Lipinski definition) is 4. The zero-order valence-corrected chi connectivity index (χ0v) is 15.2. The average molecular weight is 356 g/mol. The Hall–Kier alpha value is -2.96. The molecule has 0 fully saturated rings. The Balaban J connectivity index is 2.04. The number of amides is 1. The van der Waals surface area contributed by atoms with E-state index in [1.165, 1.54) is 12.1 Å². The third-order valence-electron chi connectivity index (χ3n) is 3.68. The molecule has 6 nitrogen and oxygen atoms in total. The van der Waals surface area contributed by atoms with Gasteiger partial charge in [0.25, 0.3) is 0 Å². The van der Waals surface area contributed by atoms with Gasteiger partial charge in [0.1, 0.15) is 17.2 Å². The molecule has 26 heavy (non-hydrogen) atoms. The highest BCUT2D eigenvalue weighted by Crippen LogP contribution is 2.26. The summed E-state index contributed by atoms with van der Waals surface area (Å²) in [6.07, 6.45) is 2.76. The van der Waals surface area contributed by atoms with Crippen LogP contribution in [-0.2, 0) is 4.74 Å². The van der Waals surface area contributed by atoms with E-state index in [0.717, 1.165) is 5.69 Å². The normalized spacial score (nSPS) is 12.8. The number of imidazole rings is 1. The minimum absolute atomic E-state index is 0.355. The minimum atomic E-state index is -0.599. The SMILES string of the molecule is CC(NC(=O)OC(C)(C)C)c1nc2ccc(F)cc2n1-c1ccncc1. The molecule has 0 saturated carbocycles. The van der Waals surface area contributed by atoms with Crippen LogP contribution < -0.4 is 5.32 Å². The summed E-state index contributed by atoms with van der Waals surface area (Å²) in [6.45, 7) is 7.20. The first-order valence-electron chi connectivity index (χ1n) is 8.32. The van der Waals surface area contributed by atoms with Crippen LogP contribution in [-0.4, -0.2) is 26.2 Å². The fourth-order valence-electron chi connectivity index (χ4n) is 2.67. The van der Waals surface area contributed by atoms with E-state index < -0.39 is 17.7 Å². The van der Waals surface area contributed by atoms with Gasteiger partial charge in [-0.2, -0.15) is 0 Å². The van der Waals surface area contributed by atoms with Crippen LogP contribution in [0.25, 0.3) is 16.7 Å². The van der Waals surface area contributed by atoms with Crippen molar-refractivity contribution in [2.24, 2.45) is 0 Å². The second-order valence-electron chi connectivity index (χ2n) is 7.01. The minimum Gasteiger partial charge on any atom is -0.444 e. The van der Waals surface area contributed by atoms with E-state index in [0.29, 0.717) is 16.9 Å². The Bertz CT molecular complexity index is 932. The number of pyridine rings is 1. The number of halogens is 1. The summed E-state index contributed by atoms with van der Waals surface area (Å²) >= 11 is 0. The van der Waals surface area contributed by atoms with Gasteiger partial charge >= 0.3 is 6.09 Å². The molecule has 0 aliphatic carbocycles. The number of ether oxygens (including phenoxy) is 1. The van der Waals surface area contributed by atoms with Crippen molar-refractivity contribution in [3.05, 3.63) is 54.4 Å². The molecule has 2 aromatic heterocycles. The van der Waals surface area contributed by atoms with Gasteiger partial charge in [-0.25, -0.2) is 14.2 Å². The quantitative estimate of drug-likeness (QED) is 0.765. The highest BCUT2D eigenvalue weighted by atomic mass is 19.1. The molecule has 7 heteroatoms. The second kappa shape index (κ2) is 6.74. The first kappa shape index (κ1) is 17.8. The van der Waals surface area contributed by atoms with Crippen LogP contribution in [0.5, 0.6) is 0 Å². The van der Waals surface area contributed by atoms with Gasteiger partial charge in [0, 0.05) is 18.5 Å². The van der Waals surface area contributed by atoms with Crippen molar-refractivity contribution >= 4 is 17.1 Å². The molecule has 1 atom stereocenters. The summed E-state index contributed by atoms with van der Waals surface area (Å²) in [5.74, 6) is 0.217. The van der Waals surface area contributed by atoms with Crippen LogP contribution >= 0.6 is 0 Å². The van der Waals surface area contributed by atoms with Crippen molar-refractivity contribution in [1.82, 2.24) is 19.9 Å². The third-order valence-corrected chi connectivity index (χ3v) is 3.68. The van der Waals surface area contributed by atoms with E-state index in [9.17, 15) is 9.18 Å². The second-order valence-corrected chi connectivity index (χ2v) is 7.01. The van der Waals surface area contributed by atoms with Crippen LogP contribution in [0.1, 0.15) is 39.6 Å². The van der Waals surface area contributed by atoms with Crippen LogP contribution in [0, 0.1) is 5.82 Å². The van der Waals surface area contributed by atoms with Crippen LogP contribution in [0.15, 0.2) is 42.7 Å². The maximum absolute atomic E-state index is 13.8. The number of carbonyl (C=O) groups is 1. The highest BCUT2D eigenvalue weighted by molar-refractivity contribution is 5.79. The molecule has 0 radical (unpaired) electrons. The summed E-state index contributed by atoms with van der Waals surface area (Å²) in [5.41, 5.74) is 1.43. The molecule has 0 bridgehead atoms. The molecule has 1 amide bonds. The van der Waals surface area contributed by atoms with Crippen molar-refractivity contribution in [2.45, 2.75) is 39.3 Å².